The number of rotatable bonds is 7. The van der Waals surface area contributed by atoms with Crippen LogP contribution in [-0.2, 0) is 11.2 Å². The normalized spacial score (nSPS) is 9.47. The van der Waals surface area contributed by atoms with Crippen LogP contribution in [0.25, 0.3) is 0 Å². The number of halogens is 1. The minimum atomic E-state index is -0.0666. The van der Waals surface area contributed by atoms with E-state index in [1.54, 1.807) is 0 Å². The average Bonchev–Trinajstić information content (AvgIpc) is 2.34. The van der Waals surface area contributed by atoms with Crippen LogP contribution in [0.4, 0.5) is 0 Å². The summed E-state index contributed by atoms with van der Waals surface area (Å²) in [6.07, 6.45) is 4.45. The maximum atomic E-state index is 10.8. The van der Waals surface area contributed by atoms with E-state index in [4.69, 9.17) is 5.73 Å². The van der Waals surface area contributed by atoms with Crippen LogP contribution in [0.3, 0.4) is 0 Å². The maximum Gasteiger partial charge on any atom is 0.233 e. The van der Waals surface area contributed by atoms with E-state index in [1.165, 1.54) is 12.0 Å². The number of amides is 1. The Hall–Kier alpha value is -1.06. The summed E-state index contributed by atoms with van der Waals surface area (Å²) in [5.41, 5.74) is 6.56. The second kappa shape index (κ2) is 10.1. The van der Waals surface area contributed by atoms with Gasteiger partial charge < -0.3 is 11.1 Å². The van der Waals surface area contributed by atoms with Crippen molar-refractivity contribution in [3.8, 4) is 0 Å². The molecule has 4 heteroatoms. The quantitative estimate of drug-likeness (QED) is 0.732. The lowest BCUT2D eigenvalue weighted by atomic mass is 10.1. The van der Waals surface area contributed by atoms with E-state index < -0.39 is 0 Å². The Labute approximate surface area is 109 Å². The second-order valence-electron chi connectivity index (χ2n) is 3.85. The van der Waals surface area contributed by atoms with Crippen molar-refractivity contribution in [2.75, 3.05) is 13.1 Å². The number of nitrogens with one attached hydrogen (secondary N) is 1. The molecule has 1 amide bonds. The summed E-state index contributed by atoms with van der Waals surface area (Å²) in [6.45, 7) is 0.828. The third kappa shape index (κ3) is 7.77. The Kier molecular flexibility index (Phi) is 9.49. The highest BCUT2D eigenvalue weighted by Crippen LogP contribution is 2.05. The molecule has 0 saturated carbocycles. The fourth-order valence-corrected chi connectivity index (χ4v) is 1.58. The number of benzene rings is 1. The van der Waals surface area contributed by atoms with Gasteiger partial charge in [0.15, 0.2) is 0 Å². The van der Waals surface area contributed by atoms with Gasteiger partial charge >= 0.3 is 0 Å². The summed E-state index contributed by atoms with van der Waals surface area (Å²) in [5, 5.41) is 2.77. The van der Waals surface area contributed by atoms with Crippen LogP contribution in [0.1, 0.15) is 24.8 Å². The molecule has 3 nitrogen and oxygen atoms in total. The Morgan fingerprint density at radius 2 is 1.82 bits per heavy atom. The van der Waals surface area contributed by atoms with Gasteiger partial charge in [0, 0.05) is 6.54 Å². The molecular formula is C13H21ClN2O. The summed E-state index contributed by atoms with van der Waals surface area (Å²) < 4.78 is 0. The smallest absolute Gasteiger partial charge is 0.233 e. The van der Waals surface area contributed by atoms with Gasteiger partial charge in [-0.25, -0.2) is 0 Å². The fraction of sp³-hybridized carbons (Fsp3) is 0.462. The monoisotopic (exact) mass is 256 g/mol. The number of aryl methyl sites for hydroxylation is 1. The molecule has 0 spiro atoms. The van der Waals surface area contributed by atoms with E-state index in [0.29, 0.717) is 0 Å². The van der Waals surface area contributed by atoms with Gasteiger partial charge in [-0.3, -0.25) is 4.79 Å². The summed E-state index contributed by atoms with van der Waals surface area (Å²) in [5.74, 6) is -0.0666. The van der Waals surface area contributed by atoms with Crippen LogP contribution in [0, 0.1) is 0 Å². The number of carbonyl (C=O) groups excluding carboxylic acids is 1. The van der Waals surface area contributed by atoms with Crippen LogP contribution in [0.2, 0.25) is 0 Å². The van der Waals surface area contributed by atoms with E-state index in [-0.39, 0.29) is 24.9 Å². The molecule has 0 aliphatic carbocycles. The Balaban J connectivity index is 0.00000256. The first-order valence-electron chi connectivity index (χ1n) is 5.83. The van der Waals surface area contributed by atoms with Gasteiger partial charge in [-0.05, 0) is 24.8 Å². The SMILES string of the molecule is Cl.NCC(=O)NCCCCCc1ccccc1. The highest BCUT2D eigenvalue weighted by atomic mass is 35.5. The fourth-order valence-electron chi connectivity index (χ4n) is 1.58. The molecule has 0 aromatic heterocycles. The summed E-state index contributed by atoms with van der Waals surface area (Å²) in [4.78, 5) is 10.8. The minimum Gasteiger partial charge on any atom is -0.355 e. The lowest BCUT2D eigenvalue weighted by Gasteiger charge is -2.03. The number of hydrogen-bond acceptors (Lipinski definition) is 2. The molecule has 0 bridgehead atoms. The summed E-state index contributed by atoms with van der Waals surface area (Å²) in [6, 6.07) is 10.5. The van der Waals surface area contributed by atoms with Gasteiger partial charge in [0.1, 0.15) is 0 Å². The highest BCUT2D eigenvalue weighted by Gasteiger charge is 1.96. The van der Waals surface area contributed by atoms with Crippen molar-refractivity contribution >= 4 is 18.3 Å². The van der Waals surface area contributed by atoms with Crippen LogP contribution in [-0.4, -0.2) is 19.0 Å². The number of unbranched alkanes of at least 4 members (excludes halogenated alkanes) is 2. The van der Waals surface area contributed by atoms with E-state index in [2.05, 4.69) is 29.6 Å². The lowest BCUT2D eigenvalue weighted by Crippen LogP contribution is -2.30. The van der Waals surface area contributed by atoms with Gasteiger partial charge in [0.05, 0.1) is 6.54 Å². The van der Waals surface area contributed by atoms with Gasteiger partial charge in [-0.15, -0.1) is 12.4 Å². The topological polar surface area (TPSA) is 55.1 Å². The van der Waals surface area contributed by atoms with Crippen molar-refractivity contribution in [3.63, 3.8) is 0 Å². The van der Waals surface area contributed by atoms with Gasteiger partial charge in [-0.1, -0.05) is 36.8 Å². The van der Waals surface area contributed by atoms with E-state index >= 15 is 0 Å². The van der Waals surface area contributed by atoms with Crippen molar-refractivity contribution in [3.05, 3.63) is 35.9 Å². The molecular weight excluding hydrogens is 236 g/mol. The molecule has 96 valence electrons. The average molecular weight is 257 g/mol. The molecule has 3 N–H and O–H groups in total. The molecule has 17 heavy (non-hydrogen) atoms. The van der Waals surface area contributed by atoms with Crippen molar-refractivity contribution in [1.82, 2.24) is 5.32 Å². The lowest BCUT2D eigenvalue weighted by molar-refractivity contribution is -0.119. The minimum absolute atomic E-state index is 0. The number of nitrogens with two attached hydrogens (primary N) is 1. The number of hydrogen-bond donors (Lipinski definition) is 2. The standard InChI is InChI=1S/C13H20N2O.ClH/c14-11-13(16)15-10-6-2-5-9-12-7-3-1-4-8-12;/h1,3-4,7-8H,2,5-6,9-11,14H2,(H,15,16);1H. The molecule has 0 saturated heterocycles. The predicted octanol–water partition coefficient (Wildman–Crippen LogP) is 1.90. The van der Waals surface area contributed by atoms with Crippen LogP contribution in [0.5, 0.6) is 0 Å². The maximum absolute atomic E-state index is 10.8. The van der Waals surface area contributed by atoms with Gasteiger partial charge in [0.2, 0.25) is 5.91 Å². The molecule has 0 atom stereocenters. The Bertz CT molecular complexity index is 304. The molecule has 0 heterocycles. The first-order chi connectivity index (χ1) is 7.83. The predicted molar refractivity (Wildman–Crippen MR) is 73.3 cm³/mol. The summed E-state index contributed by atoms with van der Waals surface area (Å²) in [7, 11) is 0. The van der Waals surface area contributed by atoms with E-state index in [9.17, 15) is 4.79 Å². The first kappa shape index (κ1) is 15.9. The Morgan fingerprint density at radius 3 is 2.47 bits per heavy atom. The summed E-state index contributed by atoms with van der Waals surface area (Å²) >= 11 is 0. The molecule has 0 fully saturated rings. The third-order valence-corrected chi connectivity index (χ3v) is 2.49. The zero-order chi connectivity index (χ0) is 11.6. The van der Waals surface area contributed by atoms with Gasteiger partial charge in [-0.2, -0.15) is 0 Å². The molecule has 1 aromatic carbocycles. The largest absolute Gasteiger partial charge is 0.355 e. The molecule has 0 unspecified atom stereocenters. The van der Waals surface area contributed by atoms with Crippen molar-refractivity contribution < 1.29 is 4.79 Å². The highest BCUT2D eigenvalue weighted by molar-refractivity contribution is 5.85. The Morgan fingerprint density at radius 1 is 1.12 bits per heavy atom. The third-order valence-electron chi connectivity index (χ3n) is 2.49. The molecule has 0 aliphatic rings. The van der Waals surface area contributed by atoms with E-state index in [0.717, 1.165) is 25.8 Å². The number of carbonyl (C=O) groups is 1. The van der Waals surface area contributed by atoms with Crippen LogP contribution in [0.15, 0.2) is 30.3 Å². The van der Waals surface area contributed by atoms with Crippen LogP contribution >= 0.6 is 12.4 Å². The van der Waals surface area contributed by atoms with E-state index in [1.807, 2.05) is 6.07 Å². The molecule has 1 rings (SSSR count). The van der Waals surface area contributed by atoms with Crippen LogP contribution < -0.4 is 11.1 Å². The van der Waals surface area contributed by atoms with Gasteiger partial charge in [0.25, 0.3) is 0 Å². The zero-order valence-corrected chi connectivity index (χ0v) is 10.8. The molecule has 0 aliphatic heterocycles. The van der Waals surface area contributed by atoms with Crippen molar-refractivity contribution in [2.45, 2.75) is 25.7 Å². The second-order valence-corrected chi connectivity index (χ2v) is 3.85. The molecule has 0 radical (unpaired) electrons. The zero-order valence-electron chi connectivity index (χ0n) is 10.0. The van der Waals surface area contributed by atoms with Crippen molar-refractivity contribution in [1.29, 1.82) is 0 Å². The first-order valence-corrected chi connectivity index (χ1v) is 5.83. The molecule has 1 aromatic rings. The van der Waals surface area contributed by atoms with Crippen molar-refractivity contribution in [2.24, 2.45) is 5.73 Å².